The fourth-order valence-corrected chi connectivity index (χ4v) is 5.76. The average molecular weight is 499 g/mol. The summed E-state index contributed by atoms with van der Waals surface area (Å²) < 4.78 is 66.3. The van der Waals surface area contributed by atoms with E-state index < -0.39 is 30.0 Å². The molecule has 2 N–H and O–H groups in total. The Hall–Kier alpha value is -3.22. The van der Waals surface area contributed by atoms with Gasteiger partial charge in [-0.25, -0.2) is 9.98 Å². The Morgan fingerprint density at radius 2 is 1.61 bits per heavy atom. The molecule has 0 saturated carbocycles. The molecule has 1 heterocycles. The summed E-state index contributed by atoms with van der Waals surface area (Å²) in [4.78, 5) is 8.59. The highest BCUT2D eigenvalue weighted by atomic mass is 32.2. The molecular formula is C22H14N2O6S3. The molecular weight excluding hydrogens is 484 g/mol. The molecule has 0 bridgehead atoms. The topological polar surface area (TPSA) is 134 Å². The van der Waals surface area contributed by atoms with Gasteiger partial charge in [0, 0.05) is 5.39 Å². The van der Waals surface area contributed by atoms with Crippen LogP contribution in [0.4, 0.5) is 5.69 Å². The molecule has 166 valence electrons. The van der Waals surface area contributed by atoms with Crippen LogP contribution in [-0.2, 0) is 20.2 Å². The van der Waals surface area contributed by atoms with E-state index in [4.69, 9.17) is 4.98 Å². The van der Waals surface area contributed by atoms with E-state index in [1.54, 1.807) is 18.2 Å². The molecule has 0 radical (unpaired) electrons. The van der Waals surface area contributed by atoms with E-state index in [0.29, 0.717) is 11.1 Å². The Labute approximate surface area is 192 Å². The zero-order valence-electron chi connectivity index (χ0n) is 16.6. The van der Waals surface area contributed by atoms with Gasteiger partial charge >= 0.3 is 0 Å². The highest BCUT2D eigenvalue weighted by molar-refractivity contribution is 7.86. The molecule has 33 heavy (non-hydrogen) atoms. The molecule has 3 aromatic carbocycles. The second kappa shape index (κ2) is 7.68. The van der Waals surface area contributed by atoms with Gasteiger partial charge < -0.3 is 0 Å². The minimum atomic E-state index is -4.69. The van der Waals surface area contributed by atoms with Crippen molar-refractivity contribution >= 4 is 58.2 Å². The van der Waals surface area contributed by atoms with Crippen molar-refractivity contribution in [3.8, 4) is 10.6 Å². The van der Waals surface area contributed by atoms with Gasteiger partial charge in [-0.2, -0.15) is 16.8 Å². The van der Waals surface area contributed by atoms with E-state index in [1.807, 2.05) is 36.4 Å². The van der Waals surface area contributed by atoms with Crippen LogP contribution in [0.3, 0.4) is 0 Å². The molecule has 8 nitrogen and oxygen atoms in total. The molecule has 0 unspecified atom stereocenters. The van der Waals surface area contributed by atoms with Crippen LogP contribution in [0.1, 0.15) is 0 Å². The number of rotatable bonds is 3. The van der Waals surface area contributed by atoms with Gasteiger partial charge in [-0.05, 0) is 47.9 Å². The fraction of sp³-hybridized carbons (Fsp3) is 0. The maximum atomic E-state index is 11.8. The first kappa shape index (κ1) is 21.6. The van der Waals surface area contributed by atoms with Gasteiger partial charge in [0.2, 0.25) is 0 Å². The third-order valence-electron chi connectivity index (χ3n) is 5.01. The van der Waals surface area contributed by atoms with Crippen molar-refractivity contribution in [3.05, 3.63) is 78.2 Å². The van der Waals surface area contributed by atoms with E-state index in [0.717, 1.165) is 44.1 Å². The molecule has 0 saturated heterocycles. The standard InChI is InChI=1S/C22H14N2O6S3/c25-32(26,27)15-7-10-21(33(28,29)30)19(12-15)23-14-6-9-17-20(11-14)31-22-16-4-2-1-3-13(16)5-8-18(22)24-17/h1-12H,(H,25,26,27)(H,28,29,30)/b23-14+. The van der Waals surface area contributed by atoms with E-state index >= 15 is 0 Å². The Morgan fingerprint density at radius 3 is 2.36 bits per heavy atom. The predicted octanol–water partition coefficient (Wildman–Crippen LogP) is 4.28. The number of fused-ring (bicyclic) bond motifs is 4. The minimum absolute atomic E-state index is 0.317. The van der Waals surface area contributed by atoms with Gasteiger partial charge in [-0.1, -0.05) is 30.3 Å². The monoisotopic (exact) mass is 498 g/mol. The van der Waals surface area contributed by atoms with Crippen molar-refractivity contribution in [1.29, 1.82) is 0 Å². The van der Waals surface area contributed by atoms with Crippen molar-refractivity contribution in [1.82, 2.24) is 4.98 Å². The largest absolute Gasteiger partial charge is 0.296 e. The molecule has 1 aliphatic heterocycles. The first-order chi connectivity index (χ1) is 15.6. The van der Waals surface area contributed by atoms with Crippen LogP contribution in [0.25, 0.3) is 31.6 Å². The number of hydrogen-bond acceptors (Lipinski definition) is 7. The second-order valence-corrected chi connectivity index (χ2v) is 11.1. The highest BCUT2D eigenvalue weighted by Gasteiger charge is 2.19. The van der Waals surface area contributed by atoms with Crippen LogP contribution < -0.4 is 5.36 Å². The molecule has 5 rings (SSSR count). The molecule has 3 aromatic rings. The molecule has 2 aliphatic rings. The van der Waals surface area contributed by atoms with Gasteiger partial charge in [-0.3, -0.25) is 9.11 Å². The van der Waals surface area contributed by atoms with Crippen molar-refractivity contribution in [2.75, 3.05) is 0 Å². The van der Waals surface area contributed by atoms with Crippen LogP contribution in [0.15, 0.2) is 87.6 Å². The van der Waals surface area contributed by atoms with Crippen LogP contribution in [0.2, 0.25) is 0 Å². The normalized spacial score (nSPS) is 13.2. The van der Waals surface area contributed by atoms with E-state index in [2.05, 4.69) is 4.99 Å². The summed E-state index contributed by atoms with van der Waals surface area (Å²) in [5.41, 5.74) is 1.23. The summed E-state index contributed by atoms with van der Waals surface area (Å²) in [6.45, 7) is 0. The smallest absolute Gasteiger partial charge is 0.282 e. The zero-order valence-corrected chi connectivity index (χ0v) is 19.0. The van der Waals surface area contributed by atoms with Gasteiger partial charge in [0.25, 0.3) is 20.2 Å². The number of hydrogen-bond donors (Lipinski definition) is 2. The fourth-order valence-electron chi connectivity index (χ4n) is 3.52. The Kier molecular flexibility index (Phi) is 5.03. The number of aromatic nitrogens is 1. The molecule has 11 heteroatoms. The summed E-state index contributed by atoms with van der Waals surface area (Å²) in [7, 11) is -9.30. The van der Waals surface area contributed by atoms with Gasteiger partial charge in [0.15, 0.2) is 0 Å². The first-order valence-electron chi connectivity index (χ1n) is 9.46. The van der Waals surface area contributed by atoms with E-state index in [9.17, 15) is 25.9 Å². The lowest BCUT2D eigenvalue weighted by Gasteiger charge is -2.09. The summed E-state index contributed by atoms with van der Waals surface area (Å²) in [6, 6.07) is 19.5. The average Bonchev–Trinajstić information content (AvgIpc) is 2.76. The third kappa shape index (κ3) is 4.12. The van der Waals surface area contributed by atoms with Crippen molar-refractivity contribution < 1.29 is 25.9 Å². The number of benzene rings is 4. The lowest BCUT2D eigenvalue weighted by atomic mass is 10.1. The minimum Gasteiger partial charge on any atom is -0.282 e. The number of nitrogens with zero attached hydrogens (tertiary/aromatic N) is 2. The Bertz CT molecular complexity index is 1830. The van der Waals surface area contributed by atoms with Crippen molar-refractivity contribution in [2.45, 2.75) is 9.79 Å². The maximum absolute atomic E-state index is 11.8. The van der Waals surface area contributed by atoms with Crippen LogP contribution in [0, 0.1) is 0 Å². The van der Waals surface area contributed by atoms with Crippen LogP contribution >= 0.6 is 11.3 Å². The summed E-state index contributed by atoms with van der Waals surface area (Å²) >= 11 is 1.50. The van der Waals surface area contributed by atoms with Gasteiger partial charge in [0.1, 0.15) is 4.90 Å². The molecule has 1 aliphatic carbocycles. The summed E-state index contributed by atoms with van der Waals surface area (Å²) in [6.07, 6.45) is 0. The predicted molar refractivity (Wildman–Crippen MR) is 125 cm³/mol. The van der Waals surface area contributed by atoms with Crippen LogP contribution in [-0.4, -0.2) is 30.9 Å². The quantitative estimate of drug-likeness (QED) is 0.215. The van der Waals surface area contributed by atoms with Crippen molar-refractivity contribution in [2.24, 2.45) is 4.99 Å². The summed E-state index contributed by atoms with van der Waals surface area (Å²) in [5, 5.41) is 2.44. The Balaban J connectivity index is 1.77. The lowest BCUT2D eigenvalue weighted by Crippen LogP contribution is -2.05. The summed E-state index contributed by atoms with van der Waals surface area (Å²) in [5.74, 6) is 0. The Morgan fingerprint density at radius 1 is 0.818 bits per heavy atom. The SMILES string of the molecule is O=S(=O)(O)c1ccc(S(=O)(=O)O)c(/N=c2\ccc3nc4ccc5ccccc5c4sc-3c2)c1. The first-order valence-corrected chi connectivity index (χ1v) is 13.2. The molecule has 0 atom stereocenters. The van der Waals surface area contributed by atoms with Crippen LogP contribution in [0.5, 0.6) is 0 Å². The third-order valence-corrected chi connectivity index (χ3v) is 7.94. The van der Waals surface area contributed by atoms with E-state index in [1.165, 1.54) is 11.3 Å². The molecule has 0 amide bonds. The molecule has 0 aromatic heterocycles. The van der Waals surface area contributed by atoms with Gasteiger partial charge in [0.05, 0.1) is 36.7 Å². The molecule has 0 fully saturated rings. The lowest BCUT2D eigenvalue weighted by molar-refractivity contribution is 0.478. The maximum Gasteiger partial charge on any atom is 0.296 e. The van der Waals surface area contributed by atoms with Gasteiger partial charge in [-0.15, -0.1) is 11.3 Å². The second-order valence-electron chi connectivity index (χ2n) is 7.19. The zero-order chi connectivity index (χ0) is 23.4. The highest BCUT2D eigenvalue weighted by Crippen LogP contribution is 2.34. The van der Waals surface area contributed by atoms with Crippen molar-refractivity contribution in [3.63, 3.8) is 0 Å². The molecule has 0 spiro atoms. The van der Waals surface area contributed by atoms with E-state index in [-0.39, 0.29) is 5.69 Å².